The fourth-order valence-electron chi connectivity index (χ4n) is 2.31. The summed E-state index contributed by atoms with van der Waals surface area (Å²) in [5.74, 6) is 0. The first-order valence-corrected chi connectivity index (χ1v) is 9.71. The lowest BCUT2D eigenvalue weighted by atomic mass is 10.1. The Morgan fingerprint density at radius 3 is 2.46 bits per heavy atom. The lowest BCUT2D eigenvalue weighted by Crippen LogP contribution is -2.15. The summed E-state index contributed by atoms with van der Waals surface area (Å²) in [6.45, 7) is 8.33. The molecule has 1 aromatic carbocycles. The van der Waals surface area contributed by atoms with Crippen LogP contribution >= 0.6 is 22.7 Å². The van der Waals surface area contributed by atoms with Crippen LogP contribution in [0.25, 0.3) is 11.3 Å². The van der Waals surface area contributed by atoms with Crippen LogP contribution in [0.2, 0.25) is 0 Å². The highest BCUT2D eigenvalue weighted by Crippen LogP contribution is 2.21. The van der Waals surface area contributed by atoms with Crippen LogP contribution in [0.5, 0.6) is 0 Å². The van der Waals surface area contributed by atoms with Gasteiger partial charge in [0.15, 0.2) is 0 Å². The van der Waals surface area contributed by atoms with Crippen LogP contribution < -0.4 is 4.80 Å². The first-order chi connectivity index (χ1) is 11.5. The van der Waals surface area contributed by atoms with Crippen LogP contribution in [0.3, 0.4) is 0 Å². The van der Waals surface area contributed by atoms with E-state index in [-0.39, 0.29) is 6.04 Å². The molecule has 124 valence electrons. The molecule has 0 unspecified atom stereocenters. The standard InChI is InChI=1S/C19H21N3S2/c1-13(2)20-19-22(21-15(4)18-6-5-11-23-18)17(12-24-19)16-9-7-14(3)8-10-16/h5-13H,1-4H3. The van der Waals surface area contributed by atoms with Gasteiger partial charge in [0.05, 0.1) is 16.3 Å². The Hall–Kier alpha value is -1.98. The van der Waals surface area contributed by atoms with Crippen LogP contribution in [0, 0.1) is 6.92 Å². The van der Waals surface area contributed by atoms with E-state index in [1.807, 2.05) is 4.68 Å². The smallest absolute Gasteiger partial charge is 0.206 e. The second-order valence-electron chi connectivity index (χ2n) is 5.97. The lowest BCUT2D eigenvalue weighted by molar-refractivity contribution is 0.753. The third kappa shape index (κ3) is 3.74. The largest absolute Gasteiger partial charge is 0.255 e. The van der Waals surface area contributed by atoms with Gasteiger partial charge in [0, 0.05) is 17.0 Å². The normalized spacial score (nSPS) is 13.0. The molecule has 0 aliphatic heterocycles. The Morgan fingerprint density at radius 1 is 1.08 bits per heavy atom. The van der Waals surface area contributed by atoms with Crippen molar-refractivity contribution in [1.82, 2.24) is 4.68 Å². The van der Waals surface area contributed by atoms with Crippen LogP contribution in [-0.4, -0.2) is 16.4 Å². The average Bonchev–Trinajstić information content (AvgIpc) is 3.19. The summed E-state index contributed by atoms with van der Waals surface area (Å²) < 4.78 is 1.98. The van der Waals surface area contributed by atoms with Crippen molar-refractivity contribution in [3.8, 4) is 11.3 Å². The van der Waals surface area contributed by atoms with Gasteiger partial charge in [0.2, 0.25) is 4.80 Å². The molecule has 24 heavy (non-hydrogen) atoms. The van der Waals surface area contributed by atoms with E-state index in [0.29, 0.717) is 0 Å². The third-order valence-electron chi connectivity index (χ3n) is 3.53. The zero-order chi connectivity index (χ0) is 17.1. The number of aryl methyl sites for hydroxylation is 1. The van der Waals surface area contributed by atoms with Crippen LogP contribution in [0.4, 0.5) is 0 Å². The van der Waals surface area contributed by atoms with Gasteiger partial charge in [0.25, 0.3) is 0 Å². The molecule has 3 nitrogen and oxygen atoms in total. The van der Waals surface area contributed by atoms with Crippen molar-refractivity contribution < 1.29 is 0 Å². The molecule has 0 amide bonds. The summed E-state index contributed by atoms with van der Waals surface area (Å²) in [6.07, 6.45) is 0. The third-order valence-corrected chi connectivity index (χ3v) is 5.34. The van der Waals surface area contributed by atoms with Gasteiger partial charge in [-0.3, -0.25) is 4.99 Å². The van der Waals surface area contributed by atoms with Gasteiger partial charge < -0.3 is 0 Å². The number of thiazole rings is 1. The second kappa shape index (κ2) is 7.28. The number of benzene rings is 1. The van der Waals surface area contributed by atoms with E-state index in [0.717, 1.165) is 21.8 Å². The molecule has 2 aromatic heterocycles. The Morgan fingerprint density at radius 2 is 1.83 bits per heavy atom. The van der Waals surface area contributed by atoms with Gasteiger partial charge in [-0.05, 0) is 39.1 Å². The molecule has 3 rings (SSSR count). The van der Waals surface area contributed by atoms with Gasteiger partial charge in [-0.1, -0.05) is 35.9 Å². The van der Waals surface area contributed by atoms with Gasteiger partial charge in [0.1, 0.15) is 0 Å². The molecule has 3 aromatic rings. The highest BCUT2D eigenvalue weighted by Gasteiger charge is 2.09. The number of thiophene rings is 1. The van der Waals surface area contributed by atoms with E-state index >= 15 is 0 Å². The number of nitrogens with zero attached hydrogens (tertiary/aromatic N) is 3. The van der Waals surface area contributed by atoms with Crippen molar-refractivity contribution >= 4 is 28.4 Å². The number of hydrogen-bond acceptors (Lipinski definition) is 4. The summed E-state index contributed by atoms with van der Waals surface area (Å²) in [7, 11) is 0. The number of hydrogen-bond donors (Lipinski definition) is 0. The van der Waals surface area contributed by atoms with E-state index in [9.17, 15) is 0 Å². The molecule has 0 saturated heterocycles. The van der Waals surface area contributed by atoms with E-state index in [2.05, 4.69) is 74.9 Å². The van der Waals surface area contributed by atoms with Crippen molar-refractivity contribution in [2.75, 3.05) is 0 Å². The summed E-state index contributed by atoms with van der Waals surface area (Å²) in [4.78, 5) is 6.84. The Kier molecular flexibility index (Phi) is 5.11. The van der Waals surface area contributed by atoms with E-state index in [1.54, 1.807) is 22.7 Å². The van der Waals surface area contributed by atoms with Crippen molar-refractivity contribution in [2.24, 2.45) is 10.1 Å². The molecule has 2 heterocycles. The zero-order valence-corrected chi connectivity index (χ0v) is 16.0. The van der Waals surface area contributed by atoms with Crippen molar-refractivity contribution in [1.29, 1.82) is 0 Å². The maximum absolute atomic E-state index is 4.87. The fraction of sp³-hybridized carbons (Fsp3) is 0.263. The maximum atomic E-state index is 4.87. The fourth-order valence-corrected chi connectivity index (χ4v) is 3.95. The predicted molar refractivity (Wildman–Crippen MR) is 105 cm³/mol. The molecule has 0 spiro atoms. The minimum Gasteiger partial charge on any atom is -0.255 e. The van der Waals surface area contributed by atoms with Crippen LogP contribution in [-0.2, 0) is 0 Å². The van der Waals surface area contributed by atoms with Gasteiger partial charge in [-0.2, -0.15) is 5.10 Å². The number of aromatic nitrogens is 1. The molecule has 0 radical (unpaired) electrons. The SMILES string of the molecule is CC(=Nn1c(-c2ccc(C)cc2)csc1=NC(C)C)c1cccs1. The van der Waals surface area contributed by atoms with E-state index in [4.69, 9.17) is 10.1 Å². The van der Waals surface area contributed by atoms with Crippen molar-refractivity contribution in [2.45, 2.75) is 33.7 Å². The number of rotatable bonds is 4. The first-order valence-electron chi connectivity index (χ1n) is 7.95. The van der Waals surface area contributed by atoms with Gasteiger partial charge >= 0.3 is 0 Å². The maximum Gasteiger partial charge on any atom is 0.206 e. The lowest BCUT2D eigenvalue weighted by Gasteiger charge is -2.06. The highest BCUT2D eigenvalue weighted by molar-refractivity contribution is 7.12. The second-order valence-corrected chi connectivity index (χ2v) is 7.75. The Balaban J connectivity index is 2.16. The predicted octanol–water partition coefficient (Wildman–Crippen LogP) is 5.17. The zero-order valence-electron chi connectivity index (χ0n) is 14.4. The molecule has 0 saturated carbocycles. The van der Waals surface area contributed by atoms with Gasteiger partial charge in [-0.25, -0.2) is 4.68 Å². The van der Waals surface area contributed by atoms with Crippen LogP contribution in [0.15, 0.2) is 57.3 Å². The minimum absolute atomic E-state index is 0.234. The molecule has 0 aliphatic carbocycles. The molecule has 0 atom stereocenters. The molecular formula is C19H21N3S2. The topological polar surface area (TPSA) is 29.6 Å². The molecule has 0 fully saturated rings. The highest BCUT2D eigenvalue weighted by atomic mass is 32.1. The molecule has 0 aliphatic rings. The first kappa shape index (κ1) is 16.9. The quantitative estimate of drug-likeness (QED) is 0.578. The average molecular weight is 356 g/mol. The summed E-state index contributed by atoms with van der Waals surface area (Å²) >= 11 is 3.34. The van der Waals surface area contributed by atoms with E-state index in [1.165, 1.54) is 10.4 Å². The molecule has 0 N–H and O–H groups in total. The van der Waals surface area contributed by atoms with Crippen LogP contribution in [0.1, 0.15) is 31.2 Å². The molecule has 0 bridgehead atoms. The minimum atomic E-state index is 0.234. The van der Waals surface area contributed by atoms with Crippen molar-refractivity contribution in [3.05, 3.63) is 62.4 Å². The Bertz CT molecular complexity index is 895. The molecular weight excluding hydrogens is 334 g/mol. The monoisotopic (exact) mass is 355 g/mol. The molecule has 5 heteroatoms. The Labute approximate surface area is 150 Å². The summed E-state index contributed by atoms with van der Waals surface area (Å²) in [5.41, 5.74) is 4.49. The summed E-state index contributed by atoms with van der Waals surface area (Å²) in [6, 6.07) is 12.9. The van der Waals surface area contributed by atoms with Gasteiger partial charge in [-0.15, -0.1) is 22.7 Å². The summed E-state index contributed by atoms with van der Waals surface area (Å²) in [5, 5.41) is 9.09. The van der Waals surface area contributed by atoms with Crippen molar-refractivity contribution in [3.63, 3.8) is 0 Å². The van der Waals surface area contributed by atoms with E-state index < -0.39 is 0 Å².